The number of sulfonamides is 1. The summed E-state index contributed by atoms with van der Waals surface area (Å²) in [7, 11) is -3.81. The molecule has 6 heteroatoms. The highest BCUT2D eigenvalue weighted by Gasteiger charge is 2.18. The number of nitriles is 1. The van der Waals surface area contributed by atoms with Gasteiger partial charge in [0.25, 0.3) is 5.91 Å². The van der Waals surface area contributed by atoms with Gasteiger partial charge in [0.15, 0.2) is 0 Å². The Morgan fingerprint density at radius 2 is 1.78 bits per heavy atom. The van der Waals surface area contributed by atoms with Crippen LogP contribution in [0.25, 0.3) is 0 Å². The maximum Gasteiger partial charge on any atom is 0.265 e. The first-order valence-electron chi connectivity index (χ1n) is 6.92. The van der Waals surface area contributed by atoms with Gasteiger partial charge in [-0.15, -0.1) is 0 Å². The molecule has 118 valence electrons. The van der Waals surface area contributed by atoms with E-state index in [9.17, 15) is 13.2 Å². The van der Waals surface area contributed by atoms with Gasteiger partial charge in [0.05, 0.1) is 17.4 Å². The summed E-state index contributed by atoms with van der Waals surface area (Å²) >= 11 is 0. The molecular weight excluding hydrogens is 312 g/mol. The lowest BCUT2D eigenvalue weighted by atomic mass is 10.0. The van der Waals surface area contributed by atoms with Crippen LogP contribution in [0.15, 0.2) is 42.5 Å². The second-order valence-electron chi connectivity index (χ2n) is 5.25. The molecule has 5 nitrogen and oxygen atoms in total. The van der Waals surface area contributed by atoms with Gasteiger partial charge in [-0.2, -0.15) is 5.26 Å². The predicted octanol–water partition coefficient (Wildman–Crippen LogP) is 2.43. The summed E-state index contributed by atoms with van der Waals surface area (Å²) in [4.78, 5) is 12.2. The Kier molecular flexibility index (Phi) is 4.82. The Hall–Kier alpha value is -2.65. The Labute approximate surface area is 135 Å². The van der Waals surface area contributed by atoms with Crippen molar-refractivity contribution in [3.8, 4) is 6.07 Å². The highest BCUT2D eigenvalue weighted by molar-refractivity contribution is 7.89. The number of benzene rings is 2. The molecule has 2 aromatic carbocycles. The number of aryl methyl sites for hydroxylation is 1. The van der Waals surface area contributed by atoms with Gasteiger partial charge >= 0.3 is 0 Å². The van der Waals surface area contributed by atoms with Crippen molar-refractivity contribution in [3.05, 3.63) is 70.3 Å². The van der Waals surface area contributed by atoms with Crippen molar-refractivity contribution in [1.82, 2.24) is 4.72 Å². The first kappa shape index (κ1) is 16.7. The van der Waals surface area contributed by atoms with Crippen molar-refractivity contribution < 1.29 is 13.2 Å². The quantitative estimate of drug-likeness (QED) is 0.934. The van der Waals surface area contributed by atoms with Crippen molar-refractivity contribution in [2.24, 2.45) is 0 Å². The average molecular weight is 328 g/mol. The van der Waals surface area contributed by atoms with Gasteiger partial charge < -0.3 is 0 Å². The van der Waals surface area contributed by atoms with Gasteiger partial charge in [-0.3, -0.25) is 4.79 Å². The van der Waals surface area contributed by atoms with Crippen LogP contribution in [0.3, 0.4) is 0 Å². The van der Waals surface area contributed by atoms with E-state index >= 15 is 0 Å². The molecule has 0 unspecified atom stereocenters. The van der Waals surface area contributed by atoms with E-state index < -0.39 is 15.9 Å². The molecular formula is C17H16N2O3S. The molecule has 0 aliphatic heterocycles. The monoisotopic (exact) mass is 328 g/mol. The van der Waals surface area contributed by atoms with Crippen molar-refractivity contribution in [1.29, 1.82) is 5.26 Å². The molecule has 0 aliphatic carbocycles. The van der Waals surface area contributed by atoms with Gasteiger partial charge in [-0.1, -0.05) is 24.3 Å². The standard InChI is InChI=1S/C17H16N2O3S/c1-12-4-3-5-16(13(12)2)17(20)19-23(21,22)11-15-8-6-14(10-18)7-9-15/h3-9H,11H2,1-2H3,(H,19,20). The van der Waals surface area contributed by atoms with Crippen LogP contribution in [-0.4, -0.2) is 14.3 Å². The average Bonchev–Trinajstić information content (AvgIpc) is 2.49. The molecule has 0 aliphatic rings. The lowest BCUT2D eigenvalue weighted by molar-refractivity contribution is 0.0980. The number of nitrogens with zero attached hydrogens (tertiary/aromatic N) is 1. The highest BCUT2D eigenvalue weighted by atomic mass is 32.2. The van der Waals surface area contributed by atoms with Gasteiger partial charge in [0.2, 0.25) is 10.0 Å². The summed E-state index contributed by atoms with van der Waals surface area (Å²) < 4.78 is 26.4. The first-order valence-corrected chi connectivity index (χ1v) is 8.58. The van der Waals surface area contributed by atoms with E-state index in [4.69, 9.17) is 5.26 Å². The fraction of sp³-hybridized carbons (Fsp3) is 0.176. The molecule has 0 heterocycles. The van der Waals surface area contributed by atoms with Crippen LogP contribution < -0.4 is 4.72 Å². The Bertz CT molecular complexity index is 879. The molecule has 0 spiro atoms. The summed E-state index contributed by atoms with van der Waals surface area (Å²) in [5, 5.41) is 8.73. The molecule has 0 atom stereocenters. The van der Waals surface area contributed by atoms with E-state index in [1.807, 2.05) is 19.1 Å². The number of rotatable bonds is 4. The number of amides is 1. The third-order valence-electron chi connectivity index (χ3n) is 3.54. The zero-order valence-electron chi connectivity index (χ0n) is 12.8. The minimum atomic E-state index is -3.81. The van der Waals surface area contributed by atoms with Crippen LogP contribution in [0.1, 0.15) is 32.6 Å². The minimum Gasteiger partial charge on any atom is -0.268 e. The molecule has 0 saturated heterocycles. The SMILES string of the molecule is Cc1cccc(C(=O)NS(=O)(=O)Cc2ccc(C#N)cc2)c1C. The first-order chi connectivity index (χ1) is 10.8. The minimum absolute atomic E-state index is 0.324. The lowest BCUT2D eigenvalue weighted by Crippen LogP contribution is -2.32. The third-order valence-corrected chi connectivity index (χ3v) is 4.75. The molecule has 23 heavy (non-hydrogen) atoms. The smallest absolute Gasteiger partial charge is 0.265 e. The second kappa shape index (κ2) is 6.63. The Morgan fingerprint density at radius 1 is 1.13 bits per heavy atom. The topological polar surface area (TPSA) is 87.0 Å². The van der Waals surface area contributed by atoms with Crippen LogP contribution in [0.4, 0.5) is 0 Å². The maximum atomic E-state index is 12.2. The van der Waals surface area contributed by atoms with Crippen LogP contribution in [0.2, 0.25) is 0 Å². The van der Waals surface area contributed by atoms with E-state index in [2.05, 4.69) is 4.72 Å². The number of nitrogens with one attached hydrogen (secondary N) is 1. The van der Waals surface area contributed by atoms with E-state index in [1.165, 1.54) is 12.1 Å². The summed E-state index contributed by atoms with van der Waals surface area (Å²) in [6.45, 7) is 3.63. The number of hydrogen-bond donors (Lipinski definition) is 1. The molecule has 1 N–H and O–H groups in total. The largest absolute Gasteiger partial charge is 0.268 e. The maximum absolute atomic E-state index is 12.2. The van der Waals surface area contributed by atoms with E-state index in [-0.39, 0.29) is 5.75 Å². The molecule has 2 aromatic rings. The van der Waals surface area contributed by atoms with Gasteiger partial charge in [0, 0.05) is 5.56 Å². The third kappa shape index (κ3) is 4.18. The number of hydrogen-bond acceptors (Lipinski definition) is 4. The summed E-state index contributed by atoms with van der Waals surface area (Å²) in [5.41, 5.74) is 2.96. The van der Waals surface area contributed by atoms with E-state index in [0.717, 1.165) is 11.1 Å². The fourth-order valence-corrected chi connectivity index (χ4v) is 3.22. The van der Waals surface area contributed by atoms with Gasteiger partial charge in [-0.05, 0) is 48.7 Å². The summed E-state index contributed by atoms with van der Waals surface area (Å²) in [6.07, 6.45) is 0. The van der Waals surface area contributed by atoms with Gasteiger partial charge in [-0.25, -0.2) is 13.1 Å². The van der Waals surface area contributed by atoms with Crippen LogP contribution in [0.5, 0.6) is 0 Å². The molecule has 0 bridgehead atoms. The normalized spacial score (nSPS) is 10.8. The molecule has 0 aromatic heterocycles. The zero-order valence-corrected chi connectivity index (χ0v) is 13.6. The Balaban J connectivity index is 2.15. The fourth-order valence-electron chi connectivity index (χ4n) is 2.12. The summed E-state index contributed by atoms with van der Waals surface area (Å²) in [5.74, 6) is -0.963. The highest BCUT2D eigenvalue weighted by Crippen LogP contribution is 2.13. The van der Waals surface area contributed by atoms with Crippen molar-refractivity contribution in [2.45, 2.75) is 19.6 Å². The molecule has 2 rings (SSSR count). The second-order valence-corrected chi connectivity index (χ2v) is 6.97. The van der Waals surface area contributed by atoms with E-state index in [0.29, 0.717) is 16.7 Å². The Morgan fingerprint density at radius 3 is 2.39 bits per heavy atom. The lowest BCUT2D eigenvalue weighted by Gasteiger charge is -2.10. The van der Waals surface area contributed by atoms with Crippen LogP contribution >= 0.6 is 0 Å². The molecule has 0 fully saturated rings. The summed E-state index contributed by atoms with van der Waals surface area (Å²) in [6, 6.07) is 13.3. The molecule has 1 amide bonds. The van der Waals surface area contributed by atoms with Crippen LogP contribution in [0, 0.1) is 25.2 Å². The van der Waals surface area contributed by atoms with Crippen molar-refractivity contribution in [2.75, 3.05) is 0 Å². The number of carbonyl (C=O) groups excluding carboxylic acids is 1. The van der Waals surface area contributed by atoms with Crippen molar-refractivity contribution >= 4 is 15.9 Å². The molecule has 0 saturated carbocycles. The number of carbonyl (C=O) groups is 1. The predicted molar refractivity (Wildman–Crippen MR) is 87.2 cm³/mol. The zero-order chi connectivity index (χ0) is 17.0. The molecule has 0 radical (unpaired) electrons. The van der Waals surface area contributed by atoms with E-state index in [1.54, 1.807) is 31.2 Å². The van der Waals surface area contributed by atoms with Crippen LogP contribution in [-0.2, 0) is 15.8 Å². The van der Waals surface area contributed by atoms with Crippen molar-refractivity contribution in [3.63, 3.8) is 0 Å². The van der Waals surface area contributed by atoms with Gasteiger partial charge in [0.1, 0.15) is 0 Å².